The third-order valence-corrected chi connectivity index (χ3v) is 6.38. The molecule has 1 atom stereocenters. The third kappa shape index (κ3) is 4.87. The number of furan rings is 1. The summed E-state index contributed by atoms with van der Waals surface area (Å²) in [7, 11) is 0. The van der Waals surface area contributed by atoms with Crippen LogP contribution in [0.15, 0.2) is 114 Å². The van der Waals surface area contributed by atoms with E-state index in [1.54, 1.807) is 18.7 Å². The standard InChI is InChI=1S/C31H26N4O2/c32-25(15-21-7-3-1-4-8-21)20-37-26-17-27(30(33-18-26)22-9-5-2-6-10-22)23-11-12-29-28(16-23)31(35-34-29)24-13-14-36-19-24/h1-14,16-19,25H,15,20,32H2,(H,34,35)/t25-/m0/s1. The number of aromatic nitrogens is 3. The number of fused-ring (bicyclic) bond motifs is 1. The number of ether oxygens (including phenoxy) is 1. The number of benzene rings is 3. The van der Waals surface area contributed by atoms with Crippen molar-refractivity contribution in [2.45, 2.75) is 12.5 Å². The topological polar surface area (TPSA) is 90.0 Å². The molecule has 0 aliphatic rings. The maximum Gasteiger partial charge on any atom is 0.138 e. The van der Waals surface area contributed by atoms with E-state index < -0.39 is 0 Å². The Labute approximate surface area is 214 Å². The number of nitrogens with zero attached hydrogens (tertiary/aromatic N) is 2. The van der Waals surface area contributed by atoms with Crippen LogP contribution in [0.3, 0.4) is 0 Å². The van der Waals surface area contributed by atoms with Gasteiger partial charge in [0.1, 0.15) is 18.1 Å². The van der Waals surface area contributed by atoms with Crippen LogP contribution in [0.25, 0.3) is 44.5 Å². The van der Waals surface area contributed by atoms with Gasteiger partial charge >= 0.3 is 0 Å². The molecule has 0 saturated carbocycles. The zero-order valence-corrected chi connectivity index (χ0v) is 20.2. The second-order valence-electron chi connectivity index (χ2n) is 9.04. The highest BCUT2D eigenvalue weighted by Gasteiger charge is 2.15. The van der Waals surface area contributed by atoms with Gasteiger partial charge < -0.3 is 14.9 Å². The molecule has 0 amide bonds. The Morgan fingerprint density at radius 2 is 1.65 bits per heavy atom. The van der Waals surface area contributed by atoms with E-state index >= 15 is 0 Å². The summed E-state index contributed by atoms with van der Waals surface area (Å²) >= 11 is 0. The second kappa shape index (κ2) is 10.1. The number of H-pyrrole nitrogens is 1. The summed E-state index contributed by atoms with van der Waals surface area (Å²) in [6.07, 6.45) is 5.87. The fraction of sp³-hybridized carbons (Fsp3) is 0.0968. The molecule has 0 unspecified atom stereocenters. The molecule has 6 heteroatoms. The fourth-order valence-corrected chi connectivity index (χ4v) is 4.55. The minimum Gasteiger partial charge on any atom is -0.490 e. The van der Waals surface area contributed by atoms with E-state index in [4.69, 9.17) is 19.9 Å². The van der Waals surface area contributed by atoms with Crippen LogP contribution in [0.5, 0.6) is 5.75 Å². The summed E-state index contributed by atoms with van der Waals surface area (Å²) in [6.45, 7) is 0.395. The van der Waals surface area contributed by atoms with Gasteiger partial charge in [-0.15, -0.1) is 0 Å². The van der Waals surface area contributed by atoms with Gasteiger partial charge in [0.05, 0.1) is 29.9 Å². The normalized spacial score (nSPS) is 12.0. The number of nitrogens with one attached hydrogen (secondary N) is 1. The van der Waals surface area contributed by atoms with Crippen molar-refractivity contribution >= 4 is 10.9 Å². The molecular weight excluding hydrogens is 460 g/mol. The zero-order chi connectivity index (χ0) is 25.0. The molecular formula is C31H26N4O2. The molecule has 0 saturated heterocycles. The Hall–Kier alpha value is -4.68. The average Bonchev–Trinajstić information content (AvgIpc) is 3.62. The predicted octanol–water partition coefficient (Wildman–Crippen LogP) is 6.50. The minimum atomic E-state index is -0.126. The monoisotopic (exact) mass is 486 g/mol. The van der Waals surface area contributed by atoms with Crippen LogP contribution >= 0.6 is 0 Å². The predicted molar refractivity (Wildman–Crippen MR) is 146 cm³/mol. The van der Waals surface area contributed by atoms with Crippen molar-refractivity contribution in [3.63, 3.8) is 0 Å². The molecule has 0 bridgehead atoms. The maximum absolute atomic E-state index is 6.37. The summed E-state index contributed by atoms with van der Waals surface area (Å²) in [6, 6.07) is 30.5. The molecule has 0 radical (unpaired) electrons. The highest BCUT2D eigenvalue weighted by Crippen LogP contribution is 2.36. The van der Waals surface area contributed by atoms with E-state index in [-0.39, 0.29) is 6.04 Å². The van der Waals surface area contributed by atoms with Crippen LogP contribution in [0.2, 0.25) is 0 Å². The van der Waals surface area contributed by atoms with Gasteiger partial charge in [-0.2, -0.15) is 5.10 Å². The first-order chi connectivity index (χ1) is 18.2. The molecule has 0 fully saturated rings. The van der Waals surface area contributed by atoms with Gasteiger partial charge in [0.25, 0.3) is 0 Å². The summed E-state index contributed by atoms with van der Waals surface area (Å²) in [5.74, 6) is 0.681. The quantitative estimate of drug-likeness (QED) is 0.256. The summed E-state index contributed by atoms with van der Waals surface area (Å²) < 4.78 is 11.4. The Kier molecular flexibility index (Phi) is 6.23. The Bertz CT molecular complexity index is 1610. The first-order valence-electron chi connectivity index (χ1n) is 12.2. The first kappa shape index (κ1) is 22.8. The van der Waals surface area contributed by atoms with Crippen LogP contribution in [0.4, 0.5) is 0 Å². The number of hydrogen-bond acceptors (Lipinski definition) is 5. The van der Waals surface area contributed by atoms with Gasteiger partial charge in [-0.3, -0.25) is 10.1 Å². The molecule has 6 nitrogen and oxygen atoms in total. The highest BCUT2D eigenvalue weighted by molar-refractivity contribution is 5.96. The van der Waals surface area contributed by atoms with E-state index in [1.165, 1.54) is 5.56 Å². The smallest absolute Gasteiger partial charge is 0.138 e. The van der Waals surface area contributed by atoms with Crippen LogP contribution in [0.1, 0.15) is 5.56 Å². The van der Waals surface area contributed by atoms with Crippen molar-refractivity contribution in [3.05, 3.63) is 115 Å². The number of nitrogens with two attached hydrogens (primary N) is 1. The average molecular weight is 487 g/mol. The maximum atomic E-state index is 6.37. The van der Waals surface area contributed by atoms with Crippen LogP contribution in [-0.2, 0) is 6.42 Å². The molecule has 3 N–H and O–H groups in total. The molecule has 3 aromatic heterocycles. The first-order valence-corrected chi connectivity index (χ1v) is 12.2. The minimum absolute atomic E-state index is 0.126. The van der Waals surface area contributed by atoms with E-state index in [0.717, 1.165) is 51.0 Å². The van der Waals surface area contributed by atoms with Gasteiger partial charge in [0.15, 0.2) is 0 Å². The largest absolute Gasteiger partial charge is 0.490 e. The lowest BCUT2D eigenvalue weighted by Crippen LogP contribution is -2.30. The highest BCUT2D eigenvalue weighted by atomic mass is 16.5. The molecule has 3 heterocycles. The Morgan fingerprint density at radius 1 is 0.838 bits per heavy atom. The van der Waals surface area contributed by atoms with Gasteiger partial charge in [0, 0.05) is 28.1 Å². The number of aromatic amines is 1. The molecule has 6 aromatic rings. The van der Waals surface area contributed by atoms with Gasteiger partial charge in [-0.25, -0.2) is 0 Å². The molecule has 6 rings (SSSR count). The summed E-state index contributed by atoms with van der Waals surface area (Å²) in [5, 5.41) is 8.64. The van der Waals surface area contributed by atoms with Crippen molar-refractivity contribution < 1.29 is 9.15 Å². The molecule has 0 spiro atoms. The summed E-state index contributed by atoms with van der Waals surface area (Å²) in [5.41, 5.74) is 14.2. The van der Waals surface area contributed by atoms with E-state index in [9.17, 15) is 0 Å². The fourth-order valence-electron chi connectivity index (χ4n) is 4.55. The number of hydrogen-bond donors (Lipinski definition) is 2. The van der Waals surface area contributed by atoms with Crippen LogP contribution < -0.4 is 10.5 Å². The number of pyridine rings is 1. The molecule has 37 heavy (non-hydrogen) atoms. The summed E-state index contributed by atoms with van der Waals surface area (Å²) in [4.78, 5) is 4.82. The van der Waals surface area contributed by atoms with Gasteiger partial charge in [0.2, 0.25) is 0 Å². The lowest BCUT2D eigenvalue weighted by molar-refractivity contribution is 0.287. The van der Waals surface area contributed by atoms with E-state index in [2.05, 4.69) is 46.6 Å². The van der Waals surface area contributed by atoms with E-state index in [0.29, 0.717) is 12.4 Å². The molecule has 0 aliphatic heterocycles. The lowest BCUT2D eigenvalue weighted by Gasteiger charge is -2.16. The Balaban J connectivity index is 1.35. The number of rotatable bonds is 8. The van der Waals surface area contributed by atoms with E-state index in [1.807, 2.05) is 54.6 Å². The van der Waals surface area contributed by atoms with Crippen molar-refractivity contribution in [1.29, 1.82) is 0 Å². The van der Waals surface area contributed by atoms with Crippen LogP contribution in [-0.4, -0.2) is 27.8 Å². The van der Waals surface area contributed by atoms with Gasteiger partial charge in [-0.05, 0) is 41.8 Å². The van der Waals surface area contributed by atoms with Crippen molar-refractivity contribution in [3.8, 4) is 39.4 Å². The van der Waals surface area contributed by atoms with Crippen LogP contribution in [0, 0.1) is 0 Å². The molecule has 182 valence electrons. The second-order valence-corrected chi connectivity index (χ2v) is 9.04. The van der Waals surface area contributed by atoms with Crippen molar-refractivity contribution in [2.24, 2.45) is 5.73 Å². The third-order valence-electron chi connectivity index (χ3n) is 6.38. The Morgan fingerprint density at radius 3 is 2.43 bits per heavy atom. The lowest BCUT2D eigenvalue weighted by atomic mass is 9.97. The van der Waals surface area contributed by atoms with Gasteiger partial charge in [-0.1, -0.05) is 66.7 Å². The SMILES string of the molecule is N[C@H](COc1cnc(-c2ccccc2)c(-c2ccc3[nH]nc(-c4ccoc4)c3c2)c1)Cc1ccccc1. The van der Waals surface area contributed by atoms with Crippen molar-refractivity contribution in [2.75, 3.05) is 6.61 Å². The molecule has 0 aliphatic carbocycles. The molecule has 3 aromatic carbocycles. The van der Waals surface area contributed by atoms with Crippen molar-refractivity contribution in [1.82, 2.24) is 15.2 Å². The zero-order valence-electron chi connectivity index (χ0n) is 20.2.